The number of carbonyl (C=O) groups is 2. The van der Waals surface area contributed by atoms with Crippen LogP contribution in [-0.2, 0) is 4.79 Å². The molecule has 36 heavy (non-hydrogen) atoms. The standard InChI is InChI=1S/C29H29FN2O4/c1-20(33)31-14-16-32(17-15-31)27-12-9-22(24-6-4-5-7-29(24)36-3)18-25(27)28(34)13-10-21-8-11-23(35-2)19-26(21)30/h4-13,18-19H,14-17H2,1-3H3. The first-order chi connectivity index (χ1) is 17.4. The van der Waals surface area contributed by atoms with Crippen LogP contribution in [0.4, 0.5) is 10.1 Å². The number of rotatable bonds is 7. The average Bonchev–Trinajstić information content (AvgIpc) is 2.91. The number of hydrogen-bond acceptors (Lipinski definition) is 5. The number of carbonyl (C=O) groups excluding carboxylic acids is 2. The van der Waals surface area contributed by atoms with Gasteiger partial charge in [-0.1, -0.05) is 24.3 Å². The van der Waals surface area contributed by atoms with Gasteiger partial charge < -0.3 is 19.3 Å². The molecule has 7 heteroatoms. The van der Waals surface area contributed by atoms with Crippen LogP contribution in [-0.4, -0.2) is 57.0 Å². The predicted molar refractivity (Wildman–Crippen MR) is 139 cm³/mol. The lowest BCUT2D eigenvalue weighted by atomic mass is 9.97. The van der Waals surface area contributed by atoms with Crippen molar-refractivity contribution in [2.75, 3.05) is 45.3 Å². The van der Waals surface area contributed by atoms with Crippen molar-refractivity contribution in [2.24, 2.45) is 0 Å². The lowest BCUT2D eigenvalue weighted by Gasteiger charge is -2.36. The van der Waals surface area contributed by atoms with E-state index in [1.807, 2.05) is 42.5 Å². The van der Waals surface area contributed by atoms with Crippen LogP contribution in [0.1, 0.15) is 22.8 Å². The van der Waals surface area contributed by atoms with Crippen molar-refractivity contribution in [2.45, 2.75) is 6.92 Å². The van der Waals surface area contributed by atoms with Crippen LogP contribution in [0.5, 0.6) is 11.5 Å². The molecule has 1 aliphatic heterocycles. The van der Waals surface area contributed by atoms with Gasteiger partial charge in [-0.2, -0.15) is 0 Å². The summed E-state index contributed by atoms with van der Waals surface area (Å²) in [6.45, 7) is 3.97. The lowest BCUT2D eigenvalue weighted by Crippen LogP contribution is -2.48. The minimum absolute atomic E-state index is 0.0434. The van der Waals surface area contributed by atoms with Gasteiger partial charge in [0.05, 0.1) is 14.2 Å². The Kier molecular flexibility index (Phi) is 7.68. The second kappa shape index (κ2) is 11.1. The highest BCUT2D eigenvalue weighted by Crippen LogP contribution is 2.34. The SMILES string of the molecule is COc1ccc(C=CC(=O)c2cc(-c3ccccc3OC)ccc2N2CCN(C(C)=O)CC2)c(F)c1. The van der Waals surface area contributed by atoms with Gasteiger partial charge in [0.2, 0.25) is 5.91 Å². The van der Waals surface area contributed by atoms with Gasteiger partial charge in [0.1, 0.15) is 17.3 Å². The van der Waals surface area contributed by atoms with Gasteiger partial charge in [0.15, 0.2) is 5.78 Å². The number of anilines is 1. The zero-order valence-corrected chi connectivity index (χ0v) is 20.7. The summed E-state index contributed by atoms with van der Waals surface area (Å²) in [7, 11) is 3.08. The summed E-state index contributed by atoms with van der Waals surface area (Å²) in [5.74, 6) is 0.441. The second-order valence-corrected chi connectivity index (χ2v) is 8.51. The Balaban J connectivity index is 1.70. The first-order valence-electron chi connectivity index (χ1n) is 11.7. The van der Waals surface area contributed by atoms with Gasteiger partial charge in [-0.15, -0.1) is 0 Å². The van der Waals surface area contributed by atoms with E-state index in [0.717, 1.165) is 16.8 Å². The summed E-state index contributed by atoms with van der Waals surface area (Å²) in [5, 5.41) is 0. The fourth-order valence-corrected chi connectivity index (χ4v) is 4.35. The molecule has 0 aromatic heterocycles. The van der Waals surface area contributed by atoms with Crippen LogP contribution in [0.25, 0.3) is 17.2 Å². The molecule has 1 fully saturated rings. The van der Waals surface area contributed by atoms with E-state index in [2.05, 4.69) is 4.90 Å². The number of hydrogen-bond donors (Lipinski definition) is 0. The Hall–Kier alpha value is -4.13. The fraction of sp³-hybridized carbons (Fsp3) is 0.241. The van der Waals surface area contributed by atoms with Gasteiger partial charge >= 0.3 is 0 Å². The van der Waals surface area contributed by atoms with Crippen molar-refractivity contribution >= 4 is 23.5 Å². The molecule has 0 unspecified atom stereocenters. The summed E-state index contributed by atoms with van der Waals surface area (Å²) in [4.78, 5) is 29.1. The number of nitrogens with zero attached hydrogens (tertiary/aromatic N) is 2. The van der Waals surface area contributed by atoms with E-state index in [1.54, 1.807) is 31.1 Å². The Morgan fingerprint density at radius 3 is 2.33 bits per heavy atom. The maximum atomic E-state index is 14.4. The zero-order valence-electron chi connectivity index (χ0n) is 20.7. The van der Waals surface area contributed by atoms with Gasteiger partial charge in [-0.05, 0) is 48.0 Å². The van der Waals surface area contributed by atoms with Crippen LogP contribution in [0.3, 0.4) is 0 Å². The van der Waals surface area contributed by atoms with Gasteiger partial charge in [0, 0.05) is 61.5 Å². The molecule has 6 nitrogen and oxygen atoms in total. The van der Waals surface area contributed by atoms with Crippen LogP contribution < -0.4 is 14.4 Å². The third-order valence-corrected chi connectivity index (χ3v) is 6.37. The number of allylic oxidation sites excluding steroid dienone is 1. The van der Waals surface area contributed by atoms with E-state index in [-0.39, 0.29) is 11.7 Å². The van der Waals surface area contributed by atoms with Crippen molar-refractivity contribution in [1.82, 2.24) is 4.90 Å². The Bertz CT molecular complexity index is 1300. The summed E-state index contributed by atoms with van der Waals surface area (Å²) < 4.78 is 25.0. The Morgan fingerprint density at radius 2 is 1.67 bits per heavy atom. The van der Waals surface area contributed by atoms with Crippen LogP contribution in [0.15, 0.2) is 66.7 Å². The van der Waals surface area contributed by atoms with Crippen molar-refractivity contribution < 1.29 is 23.5 Å². The Morgan fingerprint density at radius 1 is 0.917 bits per heavy atom. The third-order valence-electron chi connectivity index (χ3n) is 6.37. The maximum Gasteiger partial charge on any atom is 0.219 e. The first kappa shape index (κ1) is 25.0. The van der Waals surface area contributed by atoms with Crippen LogP contribution >= 0.6 is 0 Å². The Labute approximate surface area is 210 Å². The molecule has 0 bridgehead atoms. The molecule has 4 rings (SSSR count). The van der Waals surface area contributed by atoms with Crippen molar-refractivity contribution in [3.8, 4) is 22.6 Å². The highest BCUT2D eigenvalue weighted by Gasteiger charge is 2.23. The maximum absolute atomic E-state index is 14.4. The number of amides is 1. The van der Waals surface area contributed by atoms with E-state index >= 15 is 0 Å². The van der Waals surface area contributed by atoms with Crippen molar-refractivity contribution in [3.05, 3.63) is 83.7 Å². The molecular weight excluding hydrogens is 459 g/mol. The largest absolute Gasteiger partial charge is 0.497 e. The molecule has 1 amide bonds. The normalized spacial score (nSPS) is 13.7. The molecule has 0 N–H and O–H groups in total. The van der Waals surface area contributed by atoms with E-state index in [4.69, 9.17) is 9.47 Å². The van der Waals surface area contributed by atoms with Crippen LogP contribution in [0.2, 0.25) is 0 Å². The molecule has 3 aromatic carbocycles. The highest BCUT2D eigenvalue weighted by molar-refractivity contribution is 6.11. The van der Waals surface area contributed by atoms with Gasteiger partial charge in [-0.25, -0.2) is 4.39 Å². The average molecular weight is 489 g/mol. The van der Waals surface area contributed by atoms with Crippen molar-refractivity contribution in [1.29, 1.82) is 0 Å². The number of para-hydroxylation sites is 1. The number of halogens is 1. The fourth-order valence-electron chi connectivity index (χ4n) is 4.35. The molecule has 1 heterocycles. The molecule has 0 aliphatic carbocycles. The predicted octanol–water partition coefficient (Wildman–Crippen LogP) is 5.07. The van der Waals surface area contributed by atoms with E-state index in [0.29, 0.717) is 48.8 Å². The summed E-state index contributed by atoms with van der Waals surface area (Å²) in [5.41, 5.74) is 3.28. The van der Waals surface area contributed by atoms with Gasteiger partial charge in [-0.3, -0.25) is 9.59 Å². The minimum atomic E-state index is -0.471. The quantitative estimate of drug-likeness (QED) is 0.343. The minimum Gasteiger partial charge on any atom is -0.497 e. The molecule has 0 atom stereocenters. The number of methoxy groups -OCH3 is 2. The number of piperazine rings is 1. The van der Waals surface area contributed by atoms with Gasteiger partial charge in [0.25, 0.3) is 0 Å². The molecular formula is C29H29FN2O4. The molecule has 186 valence electrons. The molecule has 1 saturated heterocycles. The molecule has 1 aliphatic rings. The second-order valence-electron chi connectivity index (χ2n) is 8.51. The molecule has 0 radical (unpaired) electrons. The first-order valence-corrected chi connectivity index (χ1v) is 11.7. The lowest BCUT2D eigenvalue weighted by molar-refractivity contribution is -0.129. The highest BCUT2D eigenvalue weighted by atomic mass is 19.1. The summed E-state index contributed by atoms with van der Waals surface area (Å²) in [6, 6.07) is 17.9. The number of ether oxygens (including phenoxy) is 2. The molecule has 3 aromatic rings. The van der Waals surface area contributed by atoms with Crippen molar-refractivity contribution in [3.63, 3.8) is 0 Å². The molecule has 0 saturated carbocycles. The smallest absolute Gasteiger partial charge is 0.219 e. The zero-order chi connectivity index (χ0) is 25.7. The van der Waals surface area contributed by atoms with Crippen LogP contribution in [0, 0.1) is 5.82 Å². The monoisotopic (exact) mass is 488 g/mol. The molecule has 0 spiro atoms. The third kappa shape index (κ3) is 5.40. The summed E-state index contributed by atoms with van der Waals surface area (Å²) >= 11 is 0. The van der Waals surface area contributed by atoms with E-state index in [1.165, 1.54) is 25.3 Å². The topological polar surface area (TPSA) is 59.1 Å². The number of ketones is 1. The number of benzene rings is 3. The van der Waals surface area contributed by atoms with E-state index < -0.39 is 5.82 Å². The summed E-state index contributed by atoms with van der Waals surface area (Å²) in [6.07, 6.45) is 2.87. The van der Waals surface area contributed by atoms with E-state index in [9.17, 15) is 14.0 Å².